The zero-order chi connectivity index (χ0) is 25.4. The Morgan fingerprint density at radius 3 is 1.47 bits per heavy atom. The average molecular weight is 519 g/mol. The maximum atomic E-state index is 13.7. The van der Waals surface area contributed by atoms with Crippen LogP contribution in [0.4, 0.5) is 0 Å². The lowest BCUT2D eigenvalue weighted by Crippen LogP contribution is -2.42. The van der Waals surface area contributed by atoms with Crippen molar-refractivity contribution in [2.24, 2.45) is 0 Å². The van der Waals surface area contributed by atoms with Gasteiger partial charge in [-0.2, -0.15) is 4.31 Å². The van der Waals surface area contributed by atoms with Crippen LogP contribution in [0.1, 0.15) is 16.7 Å². The average Bonchev–Trinajstić information content (AvgIpc) is 2.90. The summed E-state index contributed by atoms with van der Waals surface area (Å²) in [6, 6.07) is 34.6. The van der Waals surface area contributed by atoms with E-state index < -0.39 is 10.0 Å². The quantitative estimate of drug-likeness (QED) is 0.268. The zero-order valence-electron chi connectivity index (χ0n) is 19.7. The van der Waals surface area contributed by atoms with Crippen molar-refractivity contribution in [2.45, 2.75) is 24.5 Å². The molecule has 4 rings (SSSR count). The number of rotatable bonds is 10. The number of amides is 1. The second-order valence-corrected chi connectivity index (χ2v) is 10.8. The van der Waals surface area contributed by atoms with E-state index in [9.17, 15) is 13.2 Å². The minimum Gasteiger partial charge on any atom is -0.333 e. The van der Waals surface area contributed by atoms with Gasteiger partial charge >= 0.3 is 0 Å². The number of halogens is 1. The lowest BCUT2D eigenvalue weighted by molar-refractivity contribution is -0.132. The Hall–Kier alpha value is -3.45. The van der Waals surface area contributed by atoms with E-state index in [0.717, 1.165) is 16.7 Å². The lowest BCUT2D eigenvalue weighted by atomic mass is 10.1. The van der Waals surface area contributed by atoms with Crippen molar-refractivity contribution in [1.82, 2.24) is 9.21 Å². The van der Waals surface area contributed by atoms with Crippen molar-refractivity contribution in [1.29, 1.82) is 0 Å². The summed E-state index contributed by atoms with van der Waals surface area (Å²) in [5.74, 6) is -0.281. The predicted molar refractivity (Wildman–Crippen MR) is 143 cm³/mol. The molecule has 5 nitrogen and oxygen atoms in total. The summed E-state index contributed by atoms with van der Waals surface area (Å²) in [6.45, 7) is 0.519. The van der Waals surface area contributed by atoms with Crippen molar-refractivity contribution in [3.8, 4) is 0 Å². The molecule has 0 saturated carbocycles. The smallest absolute Gasteiger partial charge is 0.243 e. The molecule has 36 heavy (non-hydrogen) atoms. The maximum Gasteiger partial charge on any atom is 0.243 e. The van der Waals surface area contributed by atoms with Crippen LogP contribution in [-0.2, 0) is 34.5 Å². The second kappa shape index (κ2) is 12.0. The van der Waals surface area contributed by atoms with E-state index in [0.29, 0.717) is 18.1 Å². The summed E-state index contributed by atoms with van der Waals surface area (Å²) in [5, 5.41) is 0.441. The molecule has 0 aliphatic rings. The third-order valence-electron chi connectivity index (χ3n) is 5.75. The molecule has 4 aromatic rings. The molecule has 0 spiro atoms. The van der Waals surface area contributed by atoms with E-state index in [-0.39, 0.29) is 23.9 Å². The van der Waals surface area contributed by atoms with E-state index >= 15 is 0 Å². The first-order valence-electron chi connectivity index (χ1n) is 11.6. The highest BCUT2D eigenvalue weighted by Crippen LogP contribution is 2.21. The fourth-order valence-corrected chi connectivity index (χ4v) is 5.36. The van der Waals surface area contributed by atoms with Crippen molar-refractivity contribution < 1.29 is 13.2 Å². The number of sulfonamides is 1. The van der Waals surface area contributed by atoms with Crippen LogP contribution in [0.2, 0.25) is 5.02 Å². The minimum absolute atomic E-state index is 0.0715. The van der Waals surface area contributed by atoms with Gasteiger partial charge in [0.25, 0.3) is 0 Å². The highest BCUT2D eigenvalue weighted by atomic mass is 35.5. The van der Waals surface area contributed by atoms with Gasteiger partial charge in [-0.25, -0.2) is 8.42 Å². The van der Waals surface area contributed by atoms with Gasteiger partial charge in [0, 0.05) is 24.7 Å². The Balaban J connectivity index is 1.64. The van der Waals surface area contributed by atoms with Gasteiger partial charge in [-0.15, -0.1) is 0 Å². The zero-order valence-corrected chi connectivity index (χ0v) is 21.3. The molecule has 0 unspecified atom stereocenters. The molecule has 0 atom stereocenters. The normalized spacial score (nSPS) is 11.4. The largest absolute Gasteiger partial charge is 0.333 e. The molecule has 184 valence electrons. The van der Waals surface area contributed by atoms with Crippen LogP contribution in [0.5, 0.6) is 0 Å². The number of carbonyl (C=O) groups excluding carboxylic acids is 1. The summed E-state index contributed by atoms with van der Waals surface area (Å²) in [4.78, 5) is 15.5. The van der Waals surface area contributed by atoms with Crippen molar-refractivity contribution in [2.75, 3.05) is 6.54 Å². The van der Waals surface area contributed by atoms with E-state index in [2.05, 4.69) is 0 Å². The Kier molecular flexibility index (Phi) is 8.54. The number of hydrogen-bond acceptors (Lipinski definition) is 3. The van der Waals surface area contributed by atoms with E-state index in [1.54, 1.807) is 4.90 Å². The van der Waals surface area contributed by atoms with Crippen LogP contribution in [-0.4, -0.2) is 30.1 Å². The van der Waals surface area contributed by atoms with Gasteiger partial charge in [-0.3, -0.25) is 4.79 Å². The number of hydrogen-bond donors (Lipinski definition) is 0. The Bertz CT molecular complexity index is 1320. The topological polar surface area (TPSA) is 57.7 Å². The Morgan fingerprint density at radius 1 is 0.611 bits per heavy atom. The Morgan fingerprint density at radius 2 is 1.03 bits per heavy atom. The van der Waals surface area contributed by atoms with Gasteiger partial charge in [-0.05, 0) is 41.0 Å². The van der Waals surface area contributed by atoms with Crippen LogP contribution in [0, 0.1) is 0 Å². The number of nitrogens with zero attached hydrogens (tertiary/aromatic N) is 2. The van der Waals surface area contributed by atoms with Gasteiger partial charge in [0.05, 0.1) is 11.4 Å². The van der Waals surface area contributed by atoms with Crippen molar-refractivity contribution in [3.05, 3.63) is 137 Å². The molecule has 1 amide bonds. The van der Waals surface area contributed by atoms with Crippen LogP contribution < -0.4 is 0 Å². The third kappa shape index (κ3) is 6.82. The second-order valence-electron chi connectivity index (χ2n) is 8.43. The van der Waals surface area contributed by atoms with E-state index in [1.807, 2.05) is 91.0 Å². The molecule has 0 aliphatic carbocycles. The molecule has 0 N–H and O–H groups in total. The number of carbonyl (C=O) groups is 1. The first kappa shape index (κ1) is 25.6. The summed E-state index contributed by atoms with van der Waals surface area (Å²) in [7, 11) is -3.96. The van der Waals surface area contributed by atoms with Crippen LogP contribution >= 0.6 is 11.6 Å². The predicted octanol–water partition coefficient (Wildman–Crippen LogP) is 5.76. The molecule has 7 heteroatoms. The third-order valence-corrected chi connectivity index (χ3v) is 7.81. The molecule has 0 aliphatic heterocycles. The maximum absolute atomic E-state index is 13.7. The molecular weight excluding hydrogens is 492 g/mol. The first-order chi connectivity index (χ1) is 17.4. The highest BCUT2D eigenvalue weighted by molar-refractivity contribution is 7.89. The minimum atomic E-state index is -3.96. The number of benzene rings is 4. The molecule has 0 bridgehead atoms. The van der Waals surface area contributed by atoms with Crippen LogP contribution in [0.15, 0.2) is 120 Å². The molecule has 0 fully saturated rings. The molecule has 0 radical (unpaired) electrons. The van der Waals surface area contributed by atoms with Gasteiger partial charge in [0.1, 0.15) is 0 Å². The van der Waals surface area contributed by atoms with Crippen molar-refractivity contribution >= 4 is 27.5 Å². The van der Waals surface area contributed by atoms with Gasteiger partial charge < -0.3 is 4.90 Å². The lowest BCUT2D eigenvalue weighted by Gasteiger charge is -2.28. The van der Waals surface area contributed by atoms with Gasteiger partial charge in [0.2, 0.25) is 15.9 Å². The molecule has 0 heterocycles. The molecular formula is C29H27ClN2O3S. The SMILES string of the molecule is O=C(CN(Cc1ccccc1)S(=O)(=O)c1ccc(Cl)cc1)N(Cc1ccccc1)Cc1ccccc1. The fourth-order valence-electron chi connectivity index (χ4n) is 3.86. The Labute approximate surface area is 217 Å². The highest BCUT2D eigenvalue weighted by Gasteiger charge is 2.29. The summed E-state index contributed by atoms with van der Waals surface area (Å²) in [5.41, 5.74) is 2.73. The van der Waals surface area contributed by atoms with E-state index in [4.69, 9.17) is 11.6 Å². The fraction of sp³-hybridized carbons (Fsp3) is 0.138. The van der Waals surface area contributed by atoms with Gasteiger partial charge in [0.15, 0.2) is 0 Å². The first-order valence-corrected chi connectivity index (χ1v) is 13.4. The van der Waals surface area contributed by atoms with Gasteiger partial charge in [-0.1, -0.05) is 103 Å². The standard InChI is InChI=1S/C29H27ClN2O3S/c30-27-16-18-28(19-17-27)36(34,35)32(22-26-14-8-3-9-15-26)23-29(33)31(20-24-10-4-1-5-11-24)21-25-12-6-2-7-13-25/h1-19H,20-23H2. The van der Waals surface area contributed by atoms with Crippen LogP contribution in [0.25, 0.3) is 0 Å². The molecule has 0 saturated heterocycles. The summed E-state index contributed by atoms with van der Waals surface area (Å²) >= 11 is 5.98. The van der Waals surface area contributed by atoms with E-state index in [1.165, 1.54) is 28.6 Å². The molecule has 0 aromatic heterocycles. The van der Waals surface area contributed by atoms with Crippen molar-refractivity contribution in [3.63, 3.8) is 0 Å². The monoisotopic (exact) mass is 518 g/mol. The molecule has 4 aromatic carbocycles. The summed E-state index contributed by atoms with van der Waals surface area (Å²) in [6.07, 6.45) is 0. The summed E-state index contributed by atoms with van der Waals surface area (Å²) < 4.78 is 28.5. The van der Waals surface area contributed by atoms with Crippen LogP contribution in [0.3, 0.4) is 0 Å².